The summed E-state index contributed by atoms with van der Waals surface area (Å²) in [5, 5.41) is 0. The number of anilines is 1. The highest BCUT2D eigenvalue weighted by Crippen LogP contribution is 2.48. The van der Waals surface area contributed by atoms with Crippen molar-refractivity contribution in [3.63, 3.8) is 0 Å². The van der Waals surface area contributed by atoms with Gasteiger partial charge in [0.25, 0.3) is 0 Å². The van der Waals surface area contributed by atoms with Crippen molar-refractivity contribution >= 4 is 57.5 Å². The van der Waals surface area contributed by atoms with E-state index in [2.05, 4.69) is 0 Å². The number of hydrogen-bond acceptors (Lipinski definition) is 5. The second kappa shape index (κ2) is 5.93. The Morgan fingerprint density at radius 3 is 2.45 bits per heavy atom. The van der Waals surface area contributed by atoms with Crippen LogP contribution in [0.1, 0.15) is 35.0 Å². The molecule has 0 aromatic carbocycles. The second-order valence-corrected chi connectivity index (χ2v) is 7.78. The van der Waals surface area contributed by atoms with Gasteiger partial charge >= 0.3 is 5.97 Å². The van der Waals surface area contributed by atoms with Crippen molar-refractivity contribution in [3.8, 4) is 10.4 Å². The van der Waals surface area contributed by atoms with Crippen LogP contribution in [0, 0.1) is 0 Å². The highest BCUT2D eigenvalue weighted by molar-refractivity contribution is 7.22. The molecule has 2 heterocycles. The summed E-state index contributed by atoms with van der Waals surface area (Å²) in [6.07, 6.45) is 0. The van der Waals surface area contributed by atoms with E-state index in [4.69, 9.17) is 33.7 Å². The van der Waals surface area contributed by atoms with Crippen molar-refractivity contribution < 1.29 is 9.53 Å². The molecule has 0 bridgehead atoms. The fraction of sp³-hybridized carbons (Fsp3) is 0.308. The lowest BCUT2D eigenvalue weighted by molar-refractivity contribution is 0.0607. The van der Waals surface area contributed by atoms with Crippen LogP contribution in [-0.4, -0.2) is 13.1 Å². The lowest BCUT2D eigenvalue weighted by Gasteiger charge is -2.08. The van der Waals surface area contributed by atoms with E-state index in [-0.39, 0.29) is 5.92 Å². The molecule has 2 rings (SSSR count). The number of halogens is 2. The van der Waals surface area contributed by atoms with Crippen LogP contribution in [-0.2, 0) is 4.74 Å². The van der Waals surface area contributed by atoms with Crippen LogP contribution in [0.15, 0.2) is 6.07 Å². The Balaban J connectivity index is 2.69. The van der Waals surface area contributed by atoms with E-state index in [9.17, 15) is 4.79 Å². The average molecular weight is 350 g/mol. The van der Waals surface area contributed by atoms with Crippen LogP contribution in [0.3, 0.4) is 0 Å². The van der Waals surface area contributed by atoms with Gasteiger partial charge in [-0.2, -0.15) is 0 Å². The number of nitrogen functional groups attached to an aromatic ring is 1. The summed E-state index contributed by atoms with van der Waals surface area (Å²) >= 11 is 14.8. The molecule has 0 saturated carbocycles. The largest absolute Gasteiger partial charge is 0.465 e. The molecule has 2 aromatic rings. The molecule has 0 atom stereocenters. The van der Waals surface area contributed by atoms with Crippen LogP contribution >= 0.6 is 45.9 Å². The lowest BCUT2D eigenvalue weighted by atomic mass is 9.99. The van der Waals surface area contributed by atoms with Crippen molar-refractivity contribution in [2.75, 3.05) is 12.8 Å². The summed E-state index contributed by atoms with van der Waals surface area (Å²) in [6, 6.07) is 1.80. The Morgan fingerprint density at radius 2 is 2.00 bits per heavy atom. The third-order valence-corrected chi connectivity index (χ3v) is 5.56. The molecule has 0 aliphatic heterocycles. The number of rotatable bonds is 3. The Labute approximate surface area is 135 Å². The van der Waals surface area contributed by atoms with Crippen molar-refractivity contribution in [1.82, 2.24) is 0 Å². The summed E-state index contributed by atoms with van der Waals surface area (Å²) < 4.78 is 5.97. The summed E-state index contributed by atoms with van der Waals surface area (Å²) in [6.45, 7) is 4.04. The average Bonchev–Trinajstić information content (AvgIpc) is 2.88. The van der Waals surface area contributed by atoms with Gasteiger partial charge < -0.3 is 10.5 Å². The Kier molecular flexibility index (Phi) is 4.64. The van der Waals surface area contributed by atoms with E-state index in [1.165, 1.54) is 29.8 Å². The molecule has 0 spiro atoms. The second-order valence-electron chi connectivity index (χ2n) is 4.47. The fourth-order valence-electron chi connectivity index (χ4n) is 1.97. The first-order valence-corrected chi connectivity index (χ1v) is 8.21. The maximum Gasteiger partial charge on any atom is 0.350 e. The zero-order valence-corrected chi connectivity index (χ0v) is 14.3. The van der Waals surface area contributed by atoms with Crippen molar-refractivity contribution in [3.05, 3.63) is 25.2 Å². The summed E-state index contributed by atoms with van der Waals surface area (Å²) in [5.74, 6) is -0.271. The minimum absolute atomic E-state index is 0.161. The van der Waals surface area contributed by atoms with E-state index in [0.29, 0.717) is 19.2 Å². The molecule has 0 saturated heterocycles. The predicted molar refractivity (Wildman–Crippen MR) is 87.5 cm³/mol. The SMILES string of the molecule is COC(=O)c1sc(-c2cc(Cl)sc2Cl)c(C(C)C)c1N. The van der Waals surface area contributed by atoms with Gasteiger partial charge in [-0.1, -0.05) is 37.0 Å². The molecule has 2 aromatic heterocycles. The van der Waals surface area contributed by atoms with Crippen LogP contribution in [0.5, 0.6) is 0 Å². The maximum atomic E-state index is 11.8. The third kappa shape index (κ3) is 2.68. The van der Waals surface area contributed by atoms with Gasteiger partial charge in [-0.15, -0.1) is 22.7 Å². The Bertz CT molecular complexity index is 662. The summed E-state index contributed by atoms with van der Waals surface area (Å²) in [7, 11) is 1.34. The van der Waals surface area contributed by atoms with Gasteiger partial charge in [-0.05, 0) is 17.5 Å². The van der Waals surface area contributed by atoms with Crippen molar-refractivity contribution in [1.29, 1.82) is 0 Å². The van der Waals surface area contributed by atoms with E-state index >= 15 is 0 Å². The molecule has 3 nitrogen and oxygen atoms in total. The number of esters is 1. The van der Waals surface area contributed by atoms with Gasteiger partial charge in [0.1, 0.15) is 9.21 Å². The molecule has 0 aliphatic rings. The number of carbonyl (C=O) groups is 1. The first-order chi connectivity index (χ1) is 9.36. The van der Waals surface area contributed by atoms with Crippen LogP contribution < -0.4 is 5.73 Å². The number of nitrogens with two attached hydrogens (primary N) is 1. The topological polar surface area (TPSA) is 52.3 Å². The molecule has 7 heteroatoms. The number of hydrogen-bond donors (Lipinski definition) is 1. The van der Waals surface area contributed by atoms with Crippen molar-refractivity contribution in [2.45, 2.75) is 19.8 Å². The first kappa shape index (κ1) is 15.6. The molecule has 0 radical (unpaired) electrons. The van der Waals surface area contributed by atoms with Crippen molar-refractivity contribution in [2.24, 2.45) is 0 Å². The molecular formula is C13H13Cl2NO2S2. The van der Waals surface area contributed by atoms with E-state index in [1.54, 1.807) is 6.07 Å². The highest BCUT2D eigenvalue weighted by atomic mass is 35.5. The predicted octanol–water partition coefficient (Wildman–Crippen LogP) is 5.28. The zero-order chi connectivity index (χ0) is 15.0. The molecule has 2 N–H and O–H groups in total. The lowest BCUT2D eigenvalue weighted by Crippen LogP contribution is -2.03. The maximum absolute atomic E-state index is 11.8. The summed E-state index contributed by atoms with van der Waals surface area (Å²) in [4.78, 5) is 13.1. The van der Waals surface area contributed by atoms with E-state index in [0.717, 1.165) is 16.0 Å². The minimum Gasteiger partial charge on any atom is -0.465 e. The Morgan fingerprint density at radius 1 is 1.35 bits per heavy atom. The number of methoxy groups -OCH3 is 1. The van der Waals surface area contributed by atoms with Gasteiger partial charge in [0.05, 0.1) is 17.1 Å². The standard InChI is InChI=1S/C13H13Cl2NO2S2/c1-5(2)8-9(16)11(13(17)18-3)20-10(8)6-4-7(14)19-12(6)15/h4-5H,16H2,1-3H3. The van der Waals surface area contributed by atoms with Gasteiger partial charge in [0, 0.05) is 10.4 Å². The minimum atomic E-state index is -0.432. The quantitative estimate of drug-likeness (QED) is 0.767. The third-order valence-electron chi connectivity index (χ3n) is 2.83. The normalized spacial score (nSPS) is 11.1. The highest BCUT2D eigenvalue weighted by Gasteiger charge is 2.25. The number of thiophene rings is 2. The molecule has 0 aliphatic carbocycles. The smallest absolute Gasteiger partial charge is 0.350 e. The van der Waals surface area contributed by atoms with Gasteiger partial charge in [0.2, 0.25) is 0 Å². The van der Waals surface area contributed by atoms with E-state index < -0.39 is 5.97 Å². The zero-order valence-electron chi connectivity index (χ0n) is 11.1. The number of ether oxygens (including phenoxy) is 1. The molecular weight excluding hydrogens is 337 g/mol. The molecule has 0 amide bonds. The molecule has 20 heavy (non-hydrogen) atoms. The molecule has 0 unspecified atom stereocenters. The first-order valence-electron chi connectivity index (χ1n) is 5.82. The molecule has 0 fully saturated rings. The van der Waals surface area contributed by atoms with Gasteiger partial charge in [0.15, 0.2) is 0 Å². The van der Waals surface area contributed by atoms with Crippen LogP contribution in [0.25, 0.3) is 10.4 Å². The van der Waals surface area contributed by atoms with Gasteiger partial charge in [-0.25, -0.2) is 4.79 Å². The van der Waals surface area contributed by atoms with Crippen LogP contribution in [0.2, 0.25) is 8.67 Å². The Hall–Kier alpha value is -0.750. The number of carbonyl (C=O) groups excluding carboxylic acids is 1. The fourth-order valence-corrected chi connectivity index (χ4v) is 4.88. The summed E-state index contributed by atoms with van der Waals surface area (Å²) in [5.41, 5.74) is 8.30. The van der Waals surface area contributed by atoms with Gasteiger partial charge in [-0.3, -0.25) is 0 Å². The molecule has 108 valence electrons. The van der Waals surface area contributed by atoms with E-state index in [1.807, 2.05) is 13.8 Å². The van der Waals surface area contributed by atoms with Crippen LogP contribution in [0.4, 0.5) is 5.69 Å². The monoisotopic (exact) mass is 349 g/mol.